The average molecular weight is 341 g/mol. The van der Waals surface area contributed by atoms with Crippen molar-refractivity contribution in [3.05, 3.63) is 53.5 Å². The van der Waals surface area contributed by atoms with Gasteiger partial charge in [0, 0.05) is 23.7 Å². The van der Waals surface area contributed by atoms with Gasteiger partial charge in [-0.15, -0.1) is 0 Å². The minimum atomic E-state index is 0.0256. The van der Waals surface area contributed by atoms with Crippen molar-refractivity contribution in [3.63, 3.8) is 0 Å². The van der Waals surface area contributed by atoms with E-state index < -0.39 is 0 Å². The lowest BCUT2D eigenvalue weighted by Crippen LogP contribution is -2.10. The van der Waals surface area contributed by atoms with Crippen LogP contribution in [-0.4, -0.2) is 28.6 Å². The fourth-order valence-electron chi connectivity index (χ4n) is 2.79. The molecule has 2 aromatic heterocycles. The second kappa shape index (κ2) is 7.44. The number of methoxy groups -OCH3 is 1. The van der Waals surface area contributed by atoms with Crippen LogP contribution < -0.4 is 10.1 Å². The van der Waals surface area contributed by atoms with Gasteiger partial charge < -0.3 is 19.6 Å². The van der Waals surface area contributed by atoms with Crippen molar-refractivity contribution in [2.45, 2.75) is 26.9 Å². The quantitative estimate of drug-likeness (QED) is 0.689. The van der Waals surface area contributed by atoms with Gasteiger partial charge in [0.25, 0.3) is 0 Å². The highest BCUT2D eigenvalue weighted by Crippen LogP contribution is 2.26. The molecule has 0 atom stereocenters. The second-order valence-corrected chi connectivity index (χ2v) is 5.89. The van der Waals surface area contributed by atoms with Crippen molar-refractivity contribution in [2.75, 3.05) is 19.0 Å². The van der Waals surface area contributed by atoms with Crippen LogP contribution in [0.5, 0.6) is 5.75 Å². The van der Waals surface area contributed by atoms with Gasteiger partial charge in [0.15, 0.2) is 0 Å². The molecule has 0 spiro atoms. The van der Waals surface area contributed by atoms with Crippen LogP contribution in [0.15, 0.2) is 40.8 Å². The first-order chi connectivity index (χ1) is 12.1. The van der Waals surface area contributed by atoms with Gasteiger partial charge in [-0.2, -0.15) is 5.10 Å². The van der Waals surface area contributed by atoms with Gasteiger partial charge in [-0.1, -0.05) is 12.1 Å². The maximum absolute atomic E-state index is 9.32. The Morgan fingerprint density at radius 2 is 2.08 bits per heavy atom. The molecule has 132 valence electrons. The third-order valence-corrected chi connectivity index (χ3v) is 4.06. The highest BCUT2D eigenvalue weighted by molar-refractivity contribution is 5.64. The lowest BCUT2D eigenvalue weighted by atomic mass is 10.1. The summed E-state index contributed by atoms with van der Waals surface area (Å²) in [5.74, 6) is 3.44. The van der Waals surface area contributed by atoms with E-state index in [1.807, 2.05) is 50.2 Å². The van der Waals surface area contributed by atoms with Gasteiger partial charge in [0.1, 0.15) is 23.1 Å². The molecular formula is C19H23N3O3. The summed E-state index contributed by atoms with van der Waals surface area (Å²) in [5, 5.41) is 17.3. The minimum Gasteiger partial charge on any atom is -0.497 e. The summed E-state index contributed by atoms with van der Waals surface area (Å²) in [6.07, 6.45) is 0. The maximum atomic E-state index is 9.32. The van der Waals surface area contributed by atoms with Crippen LogP contribution in [0.2, 0.25) is 0 Å². The van der Waals surface area contributed by atoms with Crippen LogP contribution in [0, 0.1) is 13.8 Å². The van der Waals surface area contributed by atoms with E-state index in [2.05, 4.69) is 10.4 Å². The molecule has 25 heavy (non-hydrogen) atoms. The Labute approximate surface area is 147 Å². The van der Waals surface area contributed by atoms with E-state index in [1.54, 1.807) is 11.8 Å². The number of hydrogen-bond donors (Lipinski definition) is 2. The van der Waals surface area contributed by atoms with Gasteiger partial charge in [-0.25, -0.2) is 4.68 Å². The zero-order valence-electron chi connectivity index (χ0n) is 14.7. The molecule has 0 bridgehead atoms. The van der Waals surface area contributed by atoms with Crippen molar-refractivity contribution >= 4 is 5.82 Å². The molecule has 0 saturated heterocycles. The summed E-state index contributed by atoms with van der Waals surface area (Å²) in [6.45, 7) is 4.98. The maximum Gasteiger partial charge on any atom is 0.125 e. The predicted molar refractivity (Wildman–Crippen MR) is 96.8 cm³/mol. The molecule has 6 heteroatoms. The summed E-state index contributed by atoms with van der Waals surface area (Å²) in [4.78, 5) is 0. The summed E-state index contributed by atoms with van der Waals surface area (Å²) < 4.78 is 12.6. The molecule has 0 aliphatic carbocycles. The SMILES string of the molecule is COc1cccc(-c2cc(NCc3cc(C)oc3C)n(CCO)n2)c1. The number of hydrogen-bond acceptors (Lipinski definition) is 5. The zero-order chi connectivity index (χ0) is 17.8. The van der Waals surface area contributed by atoms with E-state index in [1.165, 1.54) is 0 Å². The normalized spacial score (nSPS) is 10.9. The van der Waals surface area contributed by atoms with Crippen LogP contribution >= 0.6 is 0 Å². The molecule has 2 heterocycles. The first kappa shape index (κ1) is 17.1. The topological polar surface area (TPSA) is 72.5 Å². The van der Waals surface area contributed by atoms with Gasteiger partial charge >= 0.3 is 0 Å². The molecule has 3 aromatic rings. The van der Waals surface area contributed by atoms with Gasteiger partial charge in [-0.3, -0.25) is 0 Å². The first-order valence-electron chi connectivity index (χ1n) is 8.23. The van der Waals surface area contributed by atoms with Crippen LogP contribution in [0.1, 0.15) is 17.1 Å². The standard InChI is InChI=1S/C19H23N3O3/c1-13-9-16(14(2)25-13)12-20-19-11-18(21-22(19)7-8-23)15-5-4-6-17(10-15)24-3/h4-6,9-11,20,23H,7-8,12H2,1-3H3. The molecule has 1 aromatic carbocycles. The number of rotatable bonds is 7. The van der Waals surface area contributed by atoms with E-state index >= 15 is 0 Å². The number of nitrogens with zero attached hydrogens (tertiary/aromatic N) is 2. The number of ether oxygens (including phenoxy) is 1. The molecule has 0 saturated carbocycles. The lowest BCUT2D eigenvalue weighted by molar-refractivity contribution is 0.270. The number of aliphatic hydroxyl groups is 1. The van der Waals surface area contributed by atoms with Gasteiger partial charge in [0.05, 0.1) is 26.0 Å². The van der Waals surface area contributed by atoms with Gasteiger partial charge in [0.2, 0.25) is 0 Å². The van der Waals surface area contributed by atoms with Crippen molar-refractivity contribution in [1.29, 1.82) is 0 Å². The predicted octanol–water partition coefficient (Wildman–Crippen LogP) is 3.37. The lowest BCUT2D eigenvalue weighted by Gasteiger charge is -2.07. The van der Waals surface area contributed by atoms with E-state index in [4.69, 9.17) is 9.15 Å². The van der Waals surface area contributed by atoms with E-state index in [-0.39, 0.29) is 6.61 Å². The number of nitrogens with one attached hydrogen (secondary N) is 1. The smallest absolute Gasteiger partial charge is 0.125 e. The molecule has 6 nitrogen and oxygen atoms in total. The van der Waals surface area contributed by atoms with Crippen molar-refractivity contribution < 1.29 is 14.3 Å². The van der Waals surface area contributed by atoms with Gasteiger partial charge in [-0.05, 0) is 32.0 Å². The molecule has 3 rings (SSSR count). The third-order valence-electron chi connectivity index (χ3n) is 4.06. The fraction of sp³-hybridized carbons (Fsp3) is 0.316. The van der Waals surface area contributed by atoms with E-state index in [0.29, 0.717) is 13.1 Å². The summed E-state index contributed by atoms with van der Waals surface area (Å²) in [6, 6.07) is 11.8. The molecule has 0 amide bonds. The Morgan fingerprint density at radius 1 is 1.24 bits per heavy atom. The highest BCUT2D eigenvalue weighted by atomic mass is 16.5. The summed E-state index contributed by atoms with van der Waals surface area (Å²) >= 11 is 0. The van der Waals surface area contributed by atoms with E-state index in [0.717, 1.165) is 39.9 Å². The number of aryl methyl sites for hydroxylation is 2. The fourth-order valence-corrected chi connectivity index (χ4v) is 2.79. The Kier molecular flexibility index (Phi) is 5.09. The highest BCUT2D eigenvalue weighted by Gasteiger charge is 2.11. The third kappa shape index (κ3) is 3.85. The molecular weight excluding hydrogens is 318 g/mol. The van der Waals surface area contributed by atoms with Crippen LogP contribution in [0.3, 0.4) is 0 Å². The second-order valence-electron chi connectivity index (χ2n) is 5.89. The largest absolute Gasteiger partial charge is 0.497 e. The van der Waals surface area contributed by atoms with Crippen molar-refractivity contribution in [1.82, 2.24) is 9.78 Å². The number of aliphatic hydroxyl groups excluding tert-OH is 1. The Morgan fingerprint density at radius 3 is 2.76 bits per heavy atom. The number of aromatic nitrogens is 2. The Bertz CT molecular complexity index is 851. The van der Waals surface area contributed by atoms with E-state index in [9.17, 15) is 5.11 Å². The summed E-state index contributed by atoms with van der Waals surface area (Å²) in [7, 11) is 1.64. The van der Waals surface area contributed by atoms with Crippen molar-refractivity contribution in [3.8, 4) is 17.0 Å². The number of anilines is 1. The van der Waals surface area contributed by atoms with Crippen LogP contribution in [0.25, 0.3) is 11.3 Å². The Hall–Kier alpha value is -2.73. The molecule has 0 radical (unpaired) electrons. The monoisotopic (exact) mass is 341 g/mol. The molecule has 0 aliphatic heterocycles. The number of furan rings is 1. The summed E-state index contributed by atoms with van der Waals surface area (Å²) in [5.41, 5.74) is 2.90. The zero-order valence-corrected chi connectivity index (χ0v) is 14.7. The van der Waals surface area contributed by atoms with Crippen molar-refractivity contribution in [2.24, 2.45) is 0 Å². The minimum absolute atomic E-state index is 0.0256. The molecule has 2 N–H and O–H groups in total. The molecule has 0 aliphatic rings. The molecule has 0 fully saturated rings. The average Bonchev–Trinajstić information content (AvgIpc) is 3.16. The molecule has 0 unspecified atom stereocenters. The first-order valence-corrected chi connectivity index (χ1v) is 8.23. The van der Waals surface area contributed by atoms with Crippen LogP contribution in [-0.2, 0) is 13.1 Å². The Balaban J connectivity index is 1.85. The number of benzene rings is 1. The van der Waals surface area contributed by atoms with Crippen LogP contribution in [0.4, 0.5) is 5.82 Å².